The van der Waals surface area contributed by atoms with E-state index in [9.17, 15) is 13.2 Å². The molecule has 0 aromatic rings. The van der Waals surface area contributed by atoms with Crippen LogP contribution in [0.4, 0.5) is 0 Å². The van der Waals surface area contributed by atoms with Crippen LogP contribution in [0.1, 0.15) is 25.7 Å². The topological polar surface area (TPSA) is 86.5 Å². The predicted molar refractivity (Wildman–Crippen MR) is 63.0 cm³/mol. The van der Waals surface area contributed by atoms with Crippen molar-refractivity contribution < 1.29 is 17.9 Å². The lowest BCUT2D eigenvalue weighted by molar-refractivity contribution is -0.148. The molecule has 2 aliphatic rings. The van der Waals surface area contributed by atoms with E-state index >= 15 is 0 Å². The minimum absolute atomic E-state index is 0.125. The van der Waals surface area contributed by atoms with Gasteiger partial charge >= 0.3 is 5.97 Å². The number of rotatable bonds is 3. The fraction of sp³-hybridized carbons (Fsp3) is 0.909. The lowest BCUT2D eigenvalue weighted by Gasteiger charge is -2.31. The first-order valence-corrected chi connectivity index (χ1v) is 7.78. The van der Waals surface area contributed by atoms with Crippen LogP contribution in [-0.4, -0.2) is 39.0 Å². The number of methoxy groups -OCH3 is 1. The van der Waals surface area contributed by atoms with Crippen LogP contribution in [0.25, 0.3) is 0 Å². The SMILES string of the molecule is COC(=O)C1(C(N)C2CCS(=O)(=O)CC2)CC1. The summed E-state index contributed by atoms with van der Waals surface area (Å²) in [5, 5.41) is 0. The fourth-order valence-electron chi connectivity index (χ4n) is 2.73. The summed E-state index contributed by atoms with van der Waals surface area (Å²) < 4.78 is 27.5. The zero-order valence-electron chi connectivity index (χ0n) is 10.0. The molecule has 0 bridgehead atoms. The molecule has 5 nitrogen and oxygen atoms in total. The van der Waals surface area contributed by atoms with Crippen molar-refractivity contribution in [2.75, 3.05) is 18.6 Å². The van der Waals surface area contributed by atoms with Gasteiger partial charge in [-0.1, -0.05) is 0 Å². The van der Waals surface area contributed by atoms with Crippen LogP contribution < -0.4 is 5.73 Å². The molecule has 0 aromatic heterocycles. The Morgan fingerprint density at radius 2 is 1.88 bits per heavy atom. The number of nitrogens with two attached hydrogens (primary N) is 1. The minimum atomic E-state index is -2.87. The first-order chi connectivity index (χ1) is 7.91. The highest BCUT2D eigenvalue weighted by molar-refractivity contribution is 7.91. The summed E-state index contributed by atoms with van der Waals surface area (Å²) in [6, 6.07) is -0.259. The summed E-state index contributed by atoms with van der Waals surface area (Å²) >= 11 is 0. The number of sulfone groups is 1. The summed E-state index contributed by atoms with van der Waals surface area (Å²) in [4.78, 5) is 11.7. The van der Waals surface area contributed by atoms with Crippen molar-refractivity contribution in [1.82, 2.24) is 0 Å². The smallest absolute Gasteiger partial charge is 0.313 e. The Morgan fingerprint density at radius 3 is 2.29 bits per heavy atom. The molecule has 1 heterocycles. The molecule has 0 radical (unpaired) electrons. The van der Waals surface area contributed by atoms with E-state index in [1.807, 2.05) is 0 Å². The maximum absolute atomic E-state index is 11.7. The highest BCUT2D eigenvalue weighted by atomic mass is 32.2. The molecule has 1 saturated heterocycles. The van der Waals surface area contributed by atoms with Crippen molar-refractivity contribution >= 4 is 15.8 Å². The van der Waals surface area contributed by atoms with E-state index in [1.54, 1.807) is 0 Å². The monoisotopic (exact) mass is 261 g/mol. The molecule has 1 aliphatic carbocycles. The molecule has 1 atom stereocenters. The van der Waals surface area contributed by atoms with Gasteiger partial charge in [-0.05, 0) is 31.6 Å². The lowest BCUT2D eigenvalue weighted by atomic mass is 9.83. The number of carbonyl (C=O) groups is 1. The van der Waals surface area contributed by atoms with Crippen molar-refractivity contribution in [3.8, 4) is 0 Å². The molecule has 1 unspecified atom stereocenters. The van der Waals surface area contributed by atoms with Crippen LogP contribution in [0.3, 0.4) is 0 Å². The molecule has 6 heteroatoms. The van der Waals surface area contributed by atoms with E-state index in [4.69, 9.17) is 10.5 Å². The van der Waals surface area contributed by atoms with Crippen LogP contribution in [0, 0.1) is 11.3 Å². The fourth-order valence-corrected chi connectivity index (χ4v) is 4.26. The summed E-state index contributed by atoms with van der Waals surface area (Å²) in [7, 11) is -1.50. The van der Waals surface area contributed by atoms with Crippen molar-refractivity contribution in [2.45, 2.75) is 31.7 Å². The van der Waals surface area contributed by atoms with Crippen LogP contribution in [0.15, 0.2) is 0 Å². The van der Waals surface area contributed by atoms with Gasteiger partial charge in [0.25, 0.3) is 0 Å². The second-order valence-electron chi connectivity index (χ2n) is 5.16. The van der Waals surface area contributed by atoms with Gasteiger partial charge in [0, 0.05) is 6.04 Å². The average Bonchev–Trinajstić information content (AvgIpc) is 3.08. The summed E-state index contributed by atoms with van der Waals surface area (Å²) in [6.07, 6.45) is 2.68. The zero-order chi connectivity index (χ0) is 12.7. The van der Waals surface area contributed by atoms with Gasteiger partial charge in [-0.2, -0.15) is 0 Å². The van der Waals surface area contributed by atoms with Crippen LogP contribution in [-0.2, 0) is 19.4 Å². The molecule has 98 valence electrons. The molecular formula is C11H19NO4S. The largest absolute Gasteiger partial charge is 0.469 e. The Hall–Kier alpha value is -0.620. The number of carbonyl (C=O) groups excluding carboxylic acids is 1. The predicted octanol–water partition coefficient (Wildman–Crippen LogP) is 0.0917. The highest BCUT2D eigenvalue weighted by Gasteiger charge is 2.57. The second kappa shape index (κ2) is 4.24. The second-order valence-corrected chi connectivity index (χ2v) is 7.47. The van der Waals surface area contributed by atoms with E-state index in [-0.39, 0.29) is 29.4 Å². The first kappa shape index (κ1) is 12.8. The standard InChI is InChI=1S/C11H19NO4S/c1-16-10(13)11(4-5-11)9(12)8-2-6-17(14,15)7-3-8/h8-9H,2-7,12H2,1H3. The highest BCUT2D eigenvalue weighted by Crippen LogP contribution is 2.52. The van der Waals surface area contributed by atoms with E-state index in [2.05, 4.69) is 0 Å². The van der Waals surface area contributed by atoms with Crippen LogP contribution in [0.5, 0.6) is 0 Å². The van der Waals surface area contributed by atoms with Crippen molar-refractivity contribution in [1.29, 1.82) is 0 Å². The molecule has 1 saturated carbocycles. The Kier molecular flexibility index (Phi) is 3.20. The quantitative estimate of drug-likeness (QED) is 0.728. The third-order valence-electron chi connectivity index (χ3n) is 4.13. The summed E-state index contributed by atoms with van der Waals surface area (Å²) in [5.41, 5.74) is 5.63. The van der Waals surface area contributed by atoms with Gasteiger partial charge in [-0.3, -0.25) is 4.79 Å². The Bertz CT molecular complexity index is 399. The first-order valence-electron chi connectivity index (χ1n) is 5.96. The van der Waals surface area contributed by atoms with Gasteiger partial charge in [0.05, 0.1) is 24.0 Å². The average molecular weight is 261 g/mol. The molecule has 17 heavy (non-hydrogen) atoms. The molecule has 1 aliphatic heterocycles. The maximum atomic E-state index is 11.7. The van der Waals surface area contributed by atoms with Gasteiger partial charge < -0.3 is 10.5 Å². The van der Waals surface area contributed by atoms with Gasteiger partial charge in [-0.15, -0.1) is 0 Å². The van der Waals surface area contributed by atoms with Crippen molar-refractivity contribution in [3.63, 3.8) is 0 Å². The van der Waals surface area contributed by atoms with Crippen molar-refractivity contribution in [2.24, 2.45) is 17.1 Å². The third-order valence-corrected chi connectivity index (χ3v) is 5.84. The van der Waals surface area contributed by atoms with Crippen LogP contribution >= 0.6 is 0 Å². The summed E-state index contributed by atoms with van der Waals surface area (Å²) in [5.74, 6) is 0.282. The third kappa shape index (κ3) is 2.33. The number of esters is 1. The van der Waals surface area contributed by atoms with E-state index < -0.39 is 15.3 Å². The molecule has 0 amide bonds. The Morgan fingerprint density at radius 1 is 1.35 bits per heavy atom. The molecule has 2 N–H and O–H groups in total. The number of ether oxygens (including phenoxy) is 1. The Labute approximate surface area is 102 Å². The van der Waals surface area contributed by atoms with Crippen molar-refractivity contribution in [3.05, 3.63) is 0 Å². The molecule has 0 spiro atoms. The number of hydrogen-bond acceptors (Lipinski definition) is 5. The summed E-state index contributed by atoms with van der Waals surface area (Å²) in [6.45, 7) is 0. The van der Waals surface area contributed by atoms with Gasteiger partial charge in [0.2, 0.25) is 0 Å². The zero-order valence-corrected chi connectivity index (χ0v) is 10.8. The van der Waals surface area contributed by atoms with Gasteiger partial charge in [0.1, 0.15) is 9.84 Å². The van der Waals surface area contributed by atoms with E-state index in [0.29, 0.717) is 12.8 Å². The molecule has 2 fully saturated rings. The van der Waals surface area contributed by atoms with E-state index in [1.165, 1.54) is 7.11 Å². The maximum Gasteiger partial charge on any atom is 0.313 e. The van der Waals surface area contributed by atoms with Crippen LogP contribution in [0.2, 0.25) is 0 Å². The van der Waals surface area contributed by atoms with E-state index in [0.717, 1.165) is 12.8 Å². The molecular weight excluding hydrogens is 242 g/mol. The lowest BCUT2D eigenvalue weighted by Crippen LogP contribution is -2.46. The Balaban J connectivity index is 2.02. The van der Waals surface area contributed by atoms with Gasteiger partial charge in [-0.25, -0.2) is 8.42 Å². The number of hydrogen-bond donors (Lipinski definition) is 1. The normalized spacial score (nSPS) is 28.4. The molecule has 2 rings (SSSR count). The molecule has 0 aromatic carbocycles. The minimum Gasteiger partial charge on any atom is -0.469 e. The van der Waals surface area contributed by atoms with Gasteiger partial charge in [0.15, 0.2) is 0 Å².